The zero-order valence-corrected chi connectivity index (χ0v) is 32.1. The molecule has 7 heteroatoms. The van der Waals surface area contributed by atoms with Crippen molar-refractivity contribution in [2.75, 3.05) is 26.7 Å². The monoisotopic (exact) mass is 774 g/mol. The summed E-state index contributed by atoms with van der Waals surface area (Å²) < 4.78 is 0. The van der Waals surface area contributed by atoms with Crippen molar-refractivity contribution in [1.29, 1.82) is 0 Å². The first-order valence-corrected chi connectivity index (χ1v) is 24.8. The molecule has 0 amide bonds. The minimum absolute atomic E-state index is 0.163. The van der Waals surface area contributed by atoms with Crippen molar-refractivity contribution in [2.24, 2.45) is 11.5 Å². The van der Waals surface area contributed by atoms with E-state index in [4.69, 9.17) is 30.8 Å². The van der Waals surface area contributed by atoms with Crippen molar-refractivity contribution in [3.63, 3.8) is 0 Å². The fourth-order valence-corrected chi connectivity index (χ4v) is 8.42. The summed E-state index contributed by atoms with van der Waals surface area (Å²) in [6.45, 7) is 9.66. The minimum atomic E-state index is -0.528. The summed E-state index contributed by atoms with van der Waals surface area (Å²) in [6.07, 6.45) is 1.04. The summed E-state index contributed by atoms with van der Waals surface area (Å²) in [7, 11) is 8.65. The Morgan fingerprint density at radius 1 is 0.500 bits per heavy atom. The van der Waals surface area contributed by atoms with Crippen LogP contribution in [0.1, 0.15) is 34.3 Å². The fourth-order valence-electron chi connectivity index (χ4n) is 5.93. The van der Waals surface area contributed by atoms with E-state index >= 15 is 0 Å². The predicted octanol–water partition coefficient (Wildman–Crippen LogP) is 9.54. The van der Waals surface area contributed by atoms with Crippen molar-refractivity contribution in [2.45, 2.75) is 18.5 Å². The first-order chi connectivity index (χ1) is 22.3. The molecule has 2 unspecified atom stereocenters. The molecule has 6 rings (SSSR count). The van der Waals surface area contributed by atoms with Crippen LogP contribution >= 0.6 is 35.2 Å². The van der Waals surface area contributed by atoms with Gasteiger partial charge in [0.25, 0.3) is 0 Å². The molecule has 0 fully saturated rings. The van der Waals surface area contributed by atoms with Gasteiger partial charge >= 0.3 is 34.5 Å². The zero-order chi connectivity index (χ0) is 33.1. The molecular formula is C39H44Cl2N2P2Ru+4. The van der Waals surface area contributed by atoms with Crippen LogP contribution in [0.5, 0.6) is 0 Å². The number of benzene rings is 6. The molecule has 0 aliphatic rings. The molecular weight excluding hydrogens is 730 g/mol. The van der Waals surface area contributed by atoms with Gasteiger partial charge < -0.3 is 11.5 Å². The van der Waals surface area contributed by atoms with Gasteiger partial charge in [-0.2, -0.15) is 0 Å². The molecule has 238 valence electrons. The van der Waals surface area contributed by atoms with Gasteiger partial charge in [-0.15, -0.1) is 0 Å². The molecule has 4 N–H and O–H groups in total. The number of halogens is 2. The van der Waals surface area contributed by atoms with Gasteiger partial charge in [0, 0.05) is 45.5 Å². The van der Waals surface area contributed by atoms with Crippen LogP contribution in [0.3, 0.4) is 0 Å². The van der Waals surface area contributed by atoms with Crippen molar-refractivity contribution in [3.8, 4) is 0 Å². The fraction of sp³-hybridized carbons (Fsp3) is 0.179. The van der Waals surface area contributed by atoms with E-state index in [1.807, 2.05) is 60.7 Å². The van der Waals surface area contributed by atoms with Gasteiger partial charge in [0.2, 0.25) is 0 Å². The number of fused-ring (bicyclic) bond motifs is 2. The molecule has 0 aliphatic carbocycles. The quantitative estimate of drug-likeness (QED) is 0.126. The van der Waals surface area contributed by atoms with Crippen molar-refractivity contribution >= 4 is 67.4 Å². The van der Waals surface area contributed by atoms with Crippen LogP contribution in [-0.2, 0) is 21.6 Å². The maximum absolute atomic E-state index is 6.15. The normalized spacial score (nSPS) is 12.3. The first-order valence-electron chi connectivity index (χ1n) is 15.3. The topological polar surface area (TPSA) is 52.0 Å². The van der Waals surface area contributed by atoms with Crippen LogP contribution in [0, 0.1) is 0 Å². The van der Waals surface area contributed by atoms with E-state index in [1.54, 1.807) is 21.7 Å². The van der Waals surface area contributed by atoms with Gasteiger partial charge in [-0.05, 0) is 44.8 Å². The van der Waals surface area contributed by atoms with Gasteiger partial charge in [-0.25, -0.2) is 0 Å². The number of hydrogen-bond acceptors (Lipinski definition) is 2. The second-order valence-corrected chi connectivity index (χ2v) is 19.4. The summed E-state index contributed by atoms with van der Waals surface area (Å²) >= 11 is -0.346. The van der Waals surface area contributed by atoms with Gasteiger partial charge in [0.15, 0.2) is 0 Å². The first kappa shape index (κ1) is 36.7. The molecule has 6 aromatic carbocycles. The Morgan fingerprint density at radius 2 is 0.826 bits per heavy atom. The molecule has 0 radical (unpaired) electrons. The Hall–Kier alpha value is -2.18. The van der Waals surface area contributed by atoms with Crippen molar-refractivity contribution in [1.82, 2.24) is 0 Å². The number of hydrogen-bond donors (Lipinski definition) is 2. The molecule has 6 aromatic rings. The Bertz CT molecular complexity index is 1690. The van der Waals surface area contributed by atoms with E-state index in [-0.39, 0.29) is 27.2 Å². The Morgan fingerprint density at radius 3 is 1.17 bits per heavy atom. The van der Waals surface area contributed by atoms with Gasteiger partial charge in [0.05, 0.1) is 37.3 Å². The van der Waals surface area contributed by atoms with Crippen LogP contribution in [0.4, 0.5) is 0 Å². The average Bonchev–Trinajstić information content (AvgIpc) is 3.09. The van der Waals surface area contributed by atoms with Crippen LogP contribution in [0.25, 0.3) is 21.5 Å². The van der Waals surface area contributed by atoms with Crippen LogP contribution in [0.15, 0.2) is 133 Å². The number of rotatable bonds is 7. The maximum atomic E-state index is 6.15. The number of nitrogens with two attached hydrogens (primary N) is 2. The van der Waals surface area contributed by atoms with E-state index in [0.29, 0.717) is 0 Å². The Labute approximate surface area is 293 Å². The SMILES string of the molecule is C[PH+](C)c1ccc2ccccc2c1Cc1c([PH+](C)C)ccc2ccccc12.NC(c1ccccc1)C(N)c1ccccc1.[Cl][Ru+2][Cl]. The zero-order valence-electron chi connectivity index (χ0n) is 26.8. The standard InChI is InChI=1S/C25H26P2.C14H16N2.2ClH.Ru/c1-26(2)24-15-13-18-9-5-7-11-20(18)22(24)17-23-21-12-8-6-10-19(21)14-16-25(23)27(3)4;15-13(11-7-3-1-4-8-11)14(16)12-9-5-2-6-10-12;;;/h5-16H,17H2,1-4H3;1-10,13-14H,15-16H2;2*1H;/q;;;;+4. The average molecular weight is 775 g/mol. The van der Waals surface area contributed by atoms with E-state index < -0.39 is 15.8 Å². The Kier molecular flexibility index (Phi) is 14.7. The molecule has 2 atom stereocenters. The predicted molar refractivity (Wildman–Crippen MR) is 209 cm³/mol. The Balaban J connectivity index is 0.000000215. The summed E-state index contributed by atoms with van der Waals surface area (Å²) in [5.41, 5.74) is 17.5. The molecule has 0 aromatic heterocycles. The third-order valence-corrected chi connectivity index (χ3v) is 11.4. The van der Waals surface area contributed by atoms with E-state index in [0.717, 1.165) is 17.5 Å². The molecule has 0 spiro atoms. The summed E-state index contributed by atoms with van der Waals surface area (Å²) in [5.74, 6) is 0. The van der Waals surface area contributed by atoms with Crippen LogP contribution in [-0.4, -0.2) is 26.7 Å². The van der Waals surface area contributed by atoms with Gasteiger partial charge in [-0.1, -0.05) is 121 Å². The van der Waals surface area contributed by atoms with E-state index in [2.05, 4.69) is 99.5 Å². The third kappa shape index (κ3) is 9.46. The van der Waals surface area contributed by atoms with Crippen molar-refractivity contribution < 1.29 is 15.1 Å². The molecule has 0 saturated carbocycles. The summed E-state index contributed by atoms with van der Waals surface area (Å²) in [6, 6.07) is 46.8. The second kappa shape index (κ2) is 18.4. The third-order valence-electron chi connectivity index (χ3n) is 8.27. The van der Waals surface area contributed by atoms with E-state index in [1.165, 1.54) is 21.5 Å². The van der Waals surface area contributed by atoms with Gasteiger partial charge in [-0.3, -0.25) is 0 Å². The molecule has 46 heavy (non-hydrogen) atoms. The van der Waals surface area contributed by atoms with E-state index in [9.17, 15) is 0 Å². The molecule has 0 saturated heterocycles. The van der Waals surface area contributed by atoms with Crippen LogP contribution < -0.4 is 22.1 Å². The molecule has 2 nitrogen and oxygen atoms in total. The van der Waals surface area contributed by atoms with Gasteiger partial charge in [0.1, 0.15) is 0 Å². The molecule has 0 bridgehead atoms. The molecule has 0 heterocycles. The molecule has 0 aliphatic heterocycles. The van der Waals surface area contributed by atoms with Crippen molar-refractivity contribution in [3.05, 3.63) is 156 Å². The summed E-state index contributed by atoms with van der Waals surface area (Å²) in [4.78, 5) is 0. The summed E-state index contributed by atoms with van der Waals surface area (Å²) in [5, 5.41) is 8.75. The second-order valence-electron chi connectivity index (χ2n) is 11.7. The van der Waals surface area contributed by atoms with Crippen LogP contribution in [0.2, 0.25) is 0 Å².